The molecule has 15 atom stereocenters. The van der Waals surface area contributed by atoms with Gasteiger partial charge >= 0.3 is 53.7 Å². The molecule has 0 aromatic rings. The molecule has 15 unspecified atom stereocenters. The number of unbranched alkanes of at least 4 members (excludes halogenated alkanes) is 6. The molecule has 11 N–H and O–H groups in total. The maximum absolute atomic E-state index is 12.9. The normalized spacial score (nSPS) is 22.1. The van der Waals surface area contributed by atoms with Crippen LogP contribution in [0.15, 0.2) is 0 Å². The van der Waals surface area contributed by atoms with Gasteiger partial charge in [-0.3, -0.25) is 86.3 Å². The molecule has 3 aliphatic rings. The highest BCUT2D eigenvalue weighted by Gasteiger charge is 2.54. The maximum Gasteiger partial charge on any atom is 0.303 e. The van der Waals surface area contributed by atoms with E-state index < -0.39 is 169 Å². The number of carbonyl (C=O) groups excluding carboxylic acids is 18. The number of esters is 9. The molecule has 0 saturated carbocycles. The molecule has 9 amide bonds. The Balaban J connectivity index is 1.45. The van der Waals surface area contributed by atoms with Gasteiger partial charge in [-0.15, -0.1) is 0 Å². The number of carbonyl (C=O) groups is 18. The highest BCUT2D eigenvalue weighted by molar-refractivity contribution is 5.80. The standard InChI is InChI=1S/C82H134N10O36/c1-49(93)90-70-76(123-58(10)102)73(120-55(7)99)61(43-117-52(4)96)126-79(70)114-37-19-13-16-31-84-64(105)25-22-34-87-67(108)28-40-111-46-82(83,47-112-41-29-68(109)88-35-23-26-65(106)85-32-17-14-20-38-115-80-71(91-50(2)94)77(124-59(11)103)74(121-56(8)100)62(127-80)44-118-53(5)97)48-113-42-30-69(110)89-36-24-27-66(107)86-33-18-15-21-39-116-81-72(92-51(3)95)78(125-60(12)104)75(122-57(9)101)63(128-81)45-119-54(6)98/h61-63,70-81H,13-48,83H2,1-12H3,(H,84,105)(H,85,106)(H,86,107)(H,87,108)(H,88,109)(H,89,110)(H,90,93)(H,91,94)(H,92,95). The Bertz CT molecular complexity index is 3190. The Kier molecular flexibility index (Phi) is 55.3. The fourth-order valence-electron chi connectivity index (χ4n) is 13.2. The smallest absolute Gasteiger partial charge is 0.303 e. The summed E-state index contributed by atoms with van der Waals surface area (Å²) in [5.41, 5.74) is 5.40. The molecule has 0 aliphatic carbocycles. The van der Waals surface area contributed by atoms with Crippen molar-refractivity contribution in [3.8, 4) is 0 Å². The number of rotatable bonds is 63. The molecule has 3 saturated heterocycles. The molecule has 3 aliphatic heterocycles. The lowest BCUT2D eigenvalue weighted by atomic mass is 9.96. The molecular formula is C82H134N10O36. The van der Waals surface area contributed by atoms with Crippen molar-refractivity contribution in [2.75, 3.05) is 119 Å². The van der Waals surface area contributed by atoms with Gasteiger partial charge in [-0.25, -0.2) is 0 Å². The number of nitrogens with one attached hydrogen (secondary N) is 9. The summed E-state index contributed by atoms with van der Waals surface area (Å²) in [4.78, 5) is 221. The zero-order valence-electron chi connectivity index (χ0n) is 75.4. The van der Waals surface area contributed by atoms with E-state index in [0.29, 0.717) is 96.7 Å². The van der Waals surface area contributed by atoms with Crippen molar-refractivity contribution < 1.29 is 172 Å². The van der Waals surface area contributed by atoms with Crippen molar-refractivity contribution in [3.63, 3.8) is 0 Å². The van der Waals surface area contributed by atoms with Crippen molar-refractivity contribution in [3.05, 3.63) is 0 Å². The number of nitrogens with two attached hydrogens (primary N) is 1. The van der Waals surface area contributed by atoms with Gasteiger partial charge in [-0.05, 0) is 77.0 Å². The van der Waals surface area contributed by atoms with Crippen LogP contribution in [0, 0.1) is 0 Å². The molecule has 0 aromatic heterocycles. The lowest BCUT2D eigenvalue weighted by molar-refractivity contribution is -0.277. The van der Waals surface area contributed by atoms with Gasteiger partial charge in [-0.1, -0.05) is 0 Å². The van der Waals surface area contributed by atoms with Crippen molar-refractivity contribution >= 4 is 107 Å². The first-order valence-corrected chi connectivity index (χ1v) is 42.9. The summed E-state index contributed by atoms with van der Waals surface area (Å²) in [6, 6.07) is -3.35. The minimum Gasteiger partial charge on any atom is -0.463 e. The average Bonchev–Trinajstić information content (AvgIpc) is 0.796. The van der Waals surface area contributed by atoms with Gasteiger partial charge in [0.2, 0.25) is 53.2 Å². The number of hydrogen-bond donors (Lipinski definition) is 10. The fraction of sp³-hybridized carbons (Fsp3) is 0.780. The first-order chi connectivity index (χ1) is 60.8. The molecular weight excluding hydrogens is 1700 g/mol. The molecule has 0 aromatic carbocycles. The Morgan fingerprint density at radius 1 is 0.266 bits per heavy atom. The third kappa shape index (κ3) is 49.6. The zero-order valence-corrected chi connectivity index (χ0v) is 75.4. The average molecular weight is 1840 g/mol. The van der Waals surface area contributed by atoms with E-state index in [-0.39, 0.29) is 173 Å². The summed E-state index contributed by atoms with van der Waals surface area (Å²) in [6.45, 7) is 13.8. The topological polar surface area (TPSA) is 608 Å². The SMILES string of the molecule is CC(=O)NC1C(OCCCCCNC(=O)CCCNC(=O)CCOCC(N)(COCCC(=O)NCCCC(=O)NCCCCCOC2OC(COC(C)=O)C(OC(C)=O)C(OC(C)=O)C2NC(C)=O)COCCC(=O)NCCCC(=O)NCCCCCOC2OC(COC(C)=O)C(OC(C)=O)C(OC(C)=O)C2NC(C)=O)OC(COC(C)=O)C(OC(C)=O)C1OC(C)=O. The molecule has 3 fully saturated rings. The molecule has 46 nitrogen and oxygen atoms in total. The van der Waals surface area contributed by atoms with Gasteiger partial charge in [-0.2, -0.15) is 0 Å². The Hall–Kier alpha value is -9.94. The summed E-state index contributed by atoms with van der Waals surface area (Å²) in [6.07, 6.45) is -8.83. The van der Waals surface area contributed by atoms with Crippen molar-refractivity contribution in [1.29, 1.82) is 0 Å². The Morgan fingerprint density at radius 3 is 0.703 bits per heavy atom. The monoisotopic (exact) mass is 1830 g/mol. The molecule has 0 bridgehead atoms. The lowest BCUT2D eigenvalue weighted by Gasteiger charge is -2.44. The summed E-state index contributed by atoms with van der Waals surface area (Å²) >= 11 is 0. The van der Waals surface area contributed by atoms with Gasteiger partial charge in [0.25, 0.3) is 0 Å². The third-order valence-corrected chi connectivity index (χ3v) is 18.8. The van der Waals surface area contributed by atoms with Crippen molar-refractivity contribution in [2.45, 2.75) is 296 Å². The van der Waals surface area contributed by atoms with Crippen LogP contribution in [0.3, 0.4) is 0 Å². The molecule has 728 valence electrons. The number of hydrogen-bond acceptors (Lipinski definition) is 37. The van der Waals surface area contributed by atoms with E-state index in [4.69, 9.17) is 91.0 Å². The van der Waals surface area contributed by atoms with Gasteiger partial charge in [0.05, 0.1) is 45.2 Å². The lowest BCUT2D eigenvalue weighted by Crippen LogP contribution is -2.66. The molecule has 3 rings (SSSR count). The quantitative estimate of drug-likeness (QED) is 0.0188. The van der Waals surface area contributed by atoms with E-state index in [1.807, 2.05) is 0 Å². The van der Waals surface area contributed by atoms with E-state index >= 15 is 0 Å². The molecule has 3 heterocycles. The first-order valence-electron chi connectivity index (χ1n) is 42.9. The van der Waals surface area contributed by atoms with Crippen LogP contribution in [0.1, 0.15) is 199 Å². The largest absolute Gasteiger partial charge is 0.463 e. The fourth-order valence-corrected chi connectivity index (χ4v) is 13.2. The minimum atomic E-state index is -1.35. The van der Waals surface area contributed by atoms with E-state index in [2.05, 4.69) is 47.9 Å². The molecule has 128 heavy (non-hydrogen) atoms. The maximum atomic E-state index is 12.9. The van der Waals surface area contributed by atoms with E-state index in [1.165, 1.54) is 41.5 Å². The van der Waals surface area contributed by atoms with Gasteiger partial charge < -0.3 is 139 Å². The van der Waals surface area contributed by atoms with Crippen LogP contribution in [0.2, 0.25) is 0 Å². The van der Waals surface area contributed by atoms with Gasteiger partial charge in [0.15, 0.2) is 55.5 Å². The van der Waals surface area contributed by atoms with Crippen molar-refractivity contribution in [1.82, 2.24) is 47.9 Å². The van der Waals surface area contributed by atoms with Crippen molar-refractivity contribution in [2.24, 2.45) is 5.73 Å². The van der Waals surface area contributed by atoms with Crippen LogP contribution in [-0.2, 0) is 172 Å². The highest BCUT2D eigenvalue weighted by atomic mass is 16.7. The number of ether oxygens (including phenoxy) is 18. The molecule has 0 radical (unpaired) electrons. The summed E-state index contributed by atoms with van der Waals surface area (Å²) < 4.78 is 102. The van der Waals surface area contributed by atoms with Gasteiger partial charge in [0, 0.05) is 181 Å². The van der Waals surface area contributed by atoms with Crippen LogP contribution >= 0.6 is 0 Å². The Morgan fingerprint density at radius 2 is 0.484 bits per heavy atom. The number of amides is 9. The predicted octanol–water partition coefficient (Wildman–Crippen LogP) is -1.53. The minimum absolute atomic E-state index is 0.0855. The van der Waals surface area contributed by atoms with Crippen LogP contribution in [-0.4, -0.2) is 323 Å². The van der Waals surface area contributed by atoms with E-state index in [0.717, 1.165) is 41.5 Å². The zero-order chi connectivity index (χ0) is 95.1. The third-order valence-electron chi connectivity index (χ3n) is 18.8. The summed E-state index contributed by atoms with van der Waals surface area (Å²) in [7, 11) is 0. The van der Waals surface area contributed by atoms with Crippen LogP contribution in [0.5, 0.6) is 0 Å². The van der Waals surface area contributed by atoms with E-state index in [9.17, 15) is 86.3 Å². The highest BCUT2D eigenvalue weighted by Crippen LogP contribution is 2.32. The second kappa shape index (κ2) is 63.1. The van der Waals surface area contributed by atoms with E-state index in [1.54, 1.807) is 0 Å². The summed E-state index contributed by atoms with van der Waals surface area (Å²) in [5.74, 6) is -9.87. The molecule has 0 spiro atoms. The second-order valence-electron chi connectivity index (χ2n) is 30.6. The van der Waals surface area contributed by atoms with Crippen LogP contribution < -0.4 is 53.6 Å². The Labute approximate surface area is 744 Å². The second-order valence-corrected chi connectivity index (χ2v) is 30.6. The van der Waals surface area contributed by atoms with Gasteiger partial charge in [0.1, 0.15) is 56.3 Å². The molecule has 46 heteroatoms. The predicted molar refractivity (Wildman–Crippen MR) is 440 cm³/mol. The first kappa shape index (κ1) is 112. The van der Waals surface area contributed by atoms with Crippen LogP contribution in [0.25, 0.3) is 0 Å². The summed E-state index contributed by atoms with van der Waals surface area (Å²) in [5, 5.41) is 24.7. The van der Waals surface area contributed by atoms with Crippen LogP contribution in [0.4, 0.5) is 0 Å².